The van der Waals surface area contributed by atoms with Gasteiger partial charge in [-0.3, -0.25) is 0 Å². The molecular weight excluding hydrogens is 190 g/mol. The number of nitrogens with zero attached hydrogens (tertiary/aromatic N) is 2. The zero-order valence-electron chi connectivity index (χ0n) is 9.44. The molecule has 0 aliphatic heterocycles. The van der Waals surface area contributed by atoms with E-state index in [2.05, 4.69) is 29.4 Å². The van der Waals surface area contributed by atoms with Crippen LogP contribution in [0, 0.1) is 0 Å². The Morgan fingerprint density at radius 1 is 1.40 bits per heavy atom. The average molecular weight is 209 g/mol. The summed E-state index contributed by atoms with van der Waals surface area (Å²) in [6.07, 6.45) is 4.54. The van der Waals surface area contributed by atoms with E-state index in [0.29, 0.717) is 6.61 Å². The summed E-state index contributed by atoms with van der Waals surface area (Å²) < 4.78 is 5.54. The molecule has 15 heavy (non-hydrogen) atoms. The van der Waals surface area contributed by atoms with Gasteiger partial charge in [0.15, 0.2) is 0 Å². The summed E-state index contributed by atoms with van der Waals surface area (Å²) in [6, 6.07) is 2.19. The first kappa shape index (κ1) is 12.1. The van der Waals surface area contributed by atoms with Crippen molar-refractivity contribution in [3.05, 3.63) is 24.0 Å². The first-order chi connectivity index (χ1) is 7.38. The average Bonchev–Trinajstić information content (AvgIpc) is 2.29. The SMILES string of the molecule is CCCOCC(NCC)c1ccnnc1. The molecule has 84 valence electrons. The number of rotatable bonds is 7. The molecule has 0 bridgehead atoms. The van der Waals surface area contributed by atoms with Gasteiger partial charge in [-0.2, -0.15) is 10.2 Å². The molecule has 0 fully saturated rings. The highest BCUT2D eigenvalue weighted by molar-refractivity contribution is 5.11. The first-order valence-electron chi connectivity index (χ1n) is 5.46. The Bertz CT molecular complexity index is 253. The van der Waals surface area contributed by atoms with Crippen molar-refractivity contribution in [3.8, 4) is 0 Å². The third-order valence-corrected chi connectivity index (χ3v) is 2.09. The van der Waals surface area contributed by atoms with Crippen LogP contribution in [0.1, 0.15) is 31.9 Å². The zero-order chi connectivity index (χ0) is 10.9. The molecule has 0 aliphatic carbocycles. The van der Waals surface area contributed by atoms with Crippen LogP contribution < -0.4 is 5.32 Å². The summed E-state index contributed by atoms with van der Waals surface area (Å²) in [4.78, 5) is 0. The molecule has 4 heteroatoms. The summed E-state index contributed by atoms with van der Waals surface area (Å²) in [5.41, 5.74) is 1.13. The van der Waals surface area contributed by atoms with Crippen molar-refractivity contribution in [1.82, 2.24) is 15.5 Å². The largest absolute Gasteiger partial charge is 0.379 e. The molecule has 0 spiro atoms. The normalized spacial score (nSPS) is 12.7. The van der Waals surface area contributed by atoms with E-state index < -0.39 is 0 Å². The van der Waals surface area contributed by atoms with Gasteiger partial charge < -0.3 is 10.1 Å². The summed E-state index contributed by atoms with van der Waals surface area (Å²) in [7, 11) is 0. The highest BCUT2D eigenvalue weighted by Crippen LogP contribution is 2.10. The lowest BCUT2D eigenvalue weighted by atomic mass is 10.1. The Labute approximate surface area is 91.1 Å². The Kier molecular flexibility index (Phi) is 5.88. The highest BCUT2D eigenvalue weighted by atomic mass is 16.5. The van der Waals surface area contributed by atoms with Crippen LogP contribution in [-0.2, 0) is 4.74 Å². The Morgan fingerprint density at radius 2 is 2.27 bits per heavy atom. The molecule has 1 aromatic heterocycles. The third-order valence-electron chi connectivity index (χ3n) is 2.09. The molecule has 0 aromatic carbocycles. The van der Waals surface area contributed by atoms with E-state index in [4.69, 9.17) is 4.74 Å². The van der Waals surface area contributed by atoms with E-state index >= 15 is 0 Å². The van der Waals surface area contributed by atoms with Crippen LogP contribution in [0.3, 0.4) is 0 Å². The molecule has 0 saturated carbocycles. The summed E-state index contributed by atoms with van der Waals surface area (Å²) >= 11 is 0. The Morgan fingerprint density at radius 3 is 2.87 bits per heavy atom. The summed E-state index contributed by atoms with van der Waals surface area (Å²) in [5.74, 6) is 0. The topological polar surface area (TPSA) is 47.0 Å². The van der Waals surface area contributed by atoms with Crippen LogP contribution in [0.15, 0.2) is 18.5 Å². The molecule has 0 amide bonds. The van der Waals surface area contributed by atoms with Crippen LogP contribution >= 0.6 is 0 Å². The standard InChI is InChI=1S/C11H19N3O/c1-3-7-15-9-11(12-4-2)10-5-6-13-14-8-10/h5-6,8,11-12H,3-4,7,9H2,1-2H3. The fourth-order valence-electron chi connectivity index (χ4n) is 1.37. The lowest BCUT2D eigenvalue weighted by molar-refractivity contribution is 0.112. The molecule has 1 unspecified atom stereocenters. The second-order valence-corrected chi connectivity index (χ2v) is 3.36. The minimum Gasteiger partial charge on any atom is -0.379 e. The molecule has 0 radical (unpaired) electrons. The summed E-state index contributed by atoms with van der Waals surface area (Å²) in [5, 5.41) is 11.0. The van der Waals surface area contributed by atoms with Crippen molar-refractivity contribution in [1.29, 1.82) is 0 Å². The van der Waals surface area contributed by atoms with Crippen LogP contribution in [0.5, 0.6) is 0 Å². The molecule has 1 heterocycles. The van der Waals surface area contributed by atoms with Gasteiger partial charge in [0.2, 0.25) is 0 Å². The number of likely N-dealkylation sites (N-methyl/N-ethyl adjacent to an activating group) is 1. The molecule has 0 saturated heterocycles. The first-order valence-corrected chi connectivity index (χ1v) is 5.46. The fraction of sp³-hybridized carbons (Fsp3) is 0.636. The van der Waals surface area contributed by atoms with Gasteiger partial charge in [-0.05, 0) is 24.6 Å². The van der Waals surface area contributed by atoms with Gasteiger partial charge in [-0.25, -0.2) is 0 Å². The number of aromatic nitrogens is 2. The van der Waals surface area contributed by atoms with Crippen LogP contribution in [0.4, 0.5) is 0 Å². The predicted octanol–water partition coefficient (Wildman–Crippen LogP) is 1.55. The third kappa shape index (κ3) is 4.36. The quantitative estimate of drug-likeness (QED) is 0.692. The maximum absolute atomic E-state index is 5.54. The summed E-state index contributed by atoms with van der Waals surface area (Å²) in [6.45, 7) is 6.61. The van der Waals surface area contributed by atoms with Crippen molar-refractivity contribution in [2.45, 2.75) is 26.3 Å². The van der Waals surface area contributed by atoms with Crippen molar-refractivity contribution < 1.29 is 4.74 Å². The van der Waals surface area contributed by atoms with Crippen molar-refractivity contribution in [3.63, 3.8) is 0 Å². The molecule has 1 aromatic rings. The minimum atomic E-state index is 0.219. The van der Waals surface area contributed by atoms with Crippen LogP contribution in [0.25, 0.3) is 0 Å². The Hall–Kier alpha value is -1.00. The fourth-order valence-corrected chi connectivity index (χ4v) is 1.37. The van der Waals surface area contributed by atoms with Gasteiger partial charge in [0.05, 0.1) is 18.8 Å². The van der Waals surface area contributed by atoms with Crippen molar-refractivity contribution >= 4 is 0 Å². The molecule has 0 aliphatic rings. The number of ether oxygens (including phenoxy) is 1. The minimum absolute atomic E-state index is 0.219. The van der Waals surface area contributed by atoms with E-state index in [-0.39, 0.29) is 6.04 Å². The van der Waals surface area contributed by atoms with Gasteiger partial charge >= 0.3 is 0 Å². The zero-order valence-corrected chi connectivity index (χ0v) is 9.44. The highest BCUT2D eigenvalue weighted by Gasteiger charge is 2.09. The van der Waals surface area contributed by atoms with Gasteiger partial charge in [0.25, 0.3) is 0 Å². The molecular formula is C11H19N3O. The van der Waals surface area contributed by atoms with E-state index in [9.17, 15) is 0 Å². The van der Waals surface area contributed by atoms with Crippen LogP contribution in [0.2, 0.25) is 0 Å². The smallest absolute Gasteiger partial charge is 0.0662 e. The van der Waals surface area contributed by atoms with E-state index in [1.165, 1.54) is 0 Å². The van der Waals surface area contributed by atoms with E-state index in [1.807, 2.05) is 6.07 Å². The van der Waals surface area contributed by atoms with Gasteiger partial charge in [-0.1, -0.05) is 13.8 Å². The van der Waals surface area contributed by atoms with Gasteiger partial charge in [0, 0.05) is 12.8 Å². The number of nitrogens with one attached hydrogen (secondary N) is 1. The molecule has 1 atom stereocenters. The monoisotopic (exact) mass is 209 g/mol. The van der Waals surface area contributed by atoms with Crippen molar-refractivity contribution in [2.75, 3.05) is 19.8 Å². The van der Waals surface area contributed by atoms with E-state index in [0.717, 1.165) is 25.1 Å². The van der Waals surface area contributed by atoms with Crippen molar-refractivity contribution in [2.24, 2.45) is 0 Å². The number of hydrogen-bond donors (Lipinski definition) is 1. The van der Waals surface area contributed by atoms with Crippen LogP contribution in [-0.4, -0.2) is 30.0 Å². The second-order valence-electron chi connectivity index (χ2n) is 3.36. The predicted molar refractivity (Wildman–Crippen MR) is 59.6 cm³/mol. The lowest BCUT2D eigenvalue weighted by Crippen LogP contribution is -2.25. The van der Waals surface area contributed by atoms with Gasteiger partial charge in [0.1, 0.15) is 0 Å². The maximum atomic E-state index is 5.54. The number of hydrogen-bond acceptors (Lipinski definition) is 4. The maximum Gasteiger partial charge on any atom is 0.0662 e. The molecule has 1 N–H and O–H groups in total. The second kappa shape index (κ2) is 7.31. The Balaban J connectivity index is 2.50. The molecule has 1 rings (SSSR count). The van der Waals surface area contributed by atoms with Gasteiger partial charge in [-0.15, -0.1) is 0 Å². The lowest BCUT2D eigenvalue weighted by Gasteiger charge is -2.17. The van der Waals surface area contributed by atoms with E-state index in [1.54, 1.807) is 12.4 Å². The molecule has 4 nitrogen and oxygen atoms in total.